The highest BCUT2D eigenvalue weighted by molar-refractivity contribution is 5.93. The van der Waals surface area contributed by atoms with Gasteiger partial charge in [0, 0.05) is 49.0 Å². The first kappa shape index (κ1) is 20.8. The highest BCUT2D eigenvalue weighted by Gasteiger charge is 2.18. The van der Waals surface area contributed by atoms with Crippen LogP contribution in [0.3, 0.4) is 0 Å². The summed E-state index contributed by atoms with van der Waals surface area (Å²) in [5.41, 5.74) is 10.1. The van der Waals surface area contributed by atoms with Crippen LogP contribution in [0.2, 0.25) is 0 Å². The smallest absolute Gasteiger partial charge is 0.316 e. The van der Waals surface area contributed by atoms with Crippen LogP contribution in [0.5, 0.6) is 0 Å². The number of urea groups is 1. The van der Waals surface area contributed by atoms with Gasteiger partial charge in [0.1, 0.15) is 6.07 Å². The normalized spacial score (nSPS) is 14.5. The lowest BCUT2D eigenvalue weighted by atomic mass is 10.1. The van der Waals surface area contributed by atoms with E-state index in [0.717, 1.165) is 79.8 Å². The zero-order valence-corrected chi connectivity index (χ0v) is 17.6. The van der Waals surface area contributed by atoms with E-state index in [-0.39, 0.29) is 0 Å². The van der Waals surface area contributed by atoms with Gasteiger partial charge >= 0.3 is 6.03 Å². The number of anilines is 2. The predicted molar refractivity (Wildman–Crippen MR) is 124 cm³/mol. The molecule has 0 aliphatic carbocycles. The number of amides is 2. The van der Waals surface area contributed by atoms with E-state index < -0.39 is 6.03 Å². The lowest BCUT2D eigenvalue weighted by Gasteiger charge is -2.36. The van der Waals surface area contributed by atoms with Crippen LogP contribution >= 0.6 is 0 Å². The molecule has 2 aromatic carbocycles. The van der Waals surface area contributed by atoms with Gasteiger partial charge in [0.2, 0.25) is 0 Å². The van der Waals surface area contributed by atoms with E-state index in [0.29, 0.717) is 0 Å². The maximum absolute atomic E-state index is 11.1. The average Bonchev–Trinajstić information content (AvgIpc) is 3.19. The standard InChI is InChI=1S/C24H28N6O/c25-16-18-5-1-2-7-23(18)30-13-11-29(12-14-30)10-4-3-6-19-17-27-22-9-8-20(15-21(19)22)28-24(26)31/h1-2,5,7-9,15,17,27H,3-4,6,10-14H2,(H3,26,28,31). The highest BCUT2D eigenvalue weighted by Crippen LogP contribution is 2.24. The lowest BCUT2D eigenvalue weighted by Crippen LogP contribution is -2.46. The largest absolute Gasteiger partial charge is 0.368 e. The molecule has 7 nitrogen and oxygen atoms in total. The SMILES string of the molecule is N#Cc1ccccc1N1CCN(CCCCc2c[nH]c3ccc(NC(N)=O)cc23)CC1. The molecule has 0 atom stereocenters. The van der Waals surface area contributed by atoms with Crippen molar-refractivity contribution in [2.45, 2.75) is 19.3 Å². The van der Waals surface area contributed by atoms with Crippen LogP contribution in [0.15, 0.2) is 48.7 Å². The number of primary amides is 1. The quantitative estimate of drug-likeness (QED) is 0.512. The Kier molecular flexibility index (Phi) is 6.39. The van der Waals surface area contributed by atoms with Crippen molar-refractivity contribution >= 4 is 28.3 Å². The zero-order valence-electron chi connectivity index (χ0n) is 17.6. The van der Waals surface area contributed by atoms with Gasteiger partial charge in [0.05, 0.1) is 11.3 Å². The second-order valence-corrected chi connectivity index (χ2v) is 7.98. The van der Waals surface area contributed by atoms with Crippen molar-refractivity contribution in [2.24, 2.45) is 5.73 Å². The molecule has 31 heavy (non-hydrogen) atoms. The van der Waals surface area contributed by atoms with E-state index in [9.17, 15) is 10.1 Å². The number of nitrogens with one attached hydrogen (secondary N) is 2. The van der Waals surface area contributed by atoms with Gasteiger partial charge in [0.25, 0.3) is 0 Å². The number of nitrogens with zero attached hydrogens (tertiary/aromatic N) is 3. The number of H-pyrrole nitrogens is 1. The summed E-state index contributed by atoms with van der Waals surface area (Å²) in [4.78, 5) is 19.2. The van der Waals surface area contributed by atoms with Crippen LogP contribution in [0.4, 0.5) is 16.2 Å². The molecule has 1 aliphatic rings. The number of para-hydroxylation sites is 1. The second kappa shape index (κ2) is 9.54. The fourth-order valence-corrected chi connectivity index (χ4v) is 4.31. The minimum Gasteiger partial charge on any atom is -0.368 e. The maximum atomic E-state index is 11.1. The summed E-state index contributed by atoms with van der Waals surface area (Å²) in [6, 6.07) is 15.4. The minimum absolute atomic E-state index is 0.548. The third kappa shape index (κ3) is 4.98. The van der Waals surface area contributed by atoms with Crippen LogP contribution in [0.25, 0.3) is 10.9 Å². The van der Waals surface area contributed by atoms with Crippen LogP contribution in [0, 0.1) is 11.3 Å². The zero-order chi connectivity index (χ0) is 21.6. The van der Waals surface area contributed by atoms with Gasteiger partial charge in [-0.25, -0.2) is 4.79 Å². The van der Waals surface area contributed by atoms with E-state index in [1.807, 2.05) is 42.5 Å². The van der Waals surface area contributed by atoms with Crippen molar-refractivity contribution in [2.75, 3.05) is 42.9 Å². The Morgan fingerprint density at radius 3 is 2.71 bits per heavy atom. The van der Waals surface area contributed by atoms with E-state index in [1.54, 1.807) is 0 Å². The van der Waals surface area contributed by atoms with E-state index in [1.165, 1.54) is 5.56 Å². The number of nitriles is 1. The molecular weight excluding hydrogens is 388 g/mol. The van der Waals surface area contributed by atoms with Gasteiger partial charge in [-0.05, 0) is 61.7 Å². The Morgan fingerprint density at radius 1 is 1.13 bits per heavy atom. The first-order valence-electron chi connectivity index (χ1n) is 10.8. The fourth-order valence-electron chi connectivity index (χ4n) is 4.31. The monoisotopic (exact) mass is 416 g/mol. The molecule has 4 rings (SSSR count). The topological polar surface area (TPSA) is 101 Å². The number of piperazine rings is 1. The third-order valence-corrected chi connectivity index (χ3v) is 5.94. The van der Waals surface area contributed by atoms with Crippen molar-refractivity contribution in [3.05, 3.63) is 59.8 Å². The maximum Gasteiger partial charge on any atom is 0.316 e. The molecule has 2 heterocycles. The Balaban J connectivity index is 1.25. The number of benzene rings is 2. The van der Waals surface area contributed by atoms with Crippen molar-refractivity contribution < 1.29 is 4.79 Å². The first-order chi connectivity index (χ1) is 15.1. The van der Waals surface area contributed by atoms with Crippen LogP contribution < -0.4 is 16.0 Å². The number of aromatic amines is 1. The average molecular weight is 417 g/mol. The molecule has 1 saturated heterocycles. The molecule has 4 N–H and O–H groups in total. The number of carbonyl (C=O) groups excluding carboxylic acids is 1. The van der Waals surface area contributed by atoms with Gasteiger partial charge in [-0.15, -0.1) is 0 Å². The van der Waals surface area contributed by atoms with Crippen LogP contribution in [0.1, 0.15) is 24.0 Å². The minimum atomic E-state index is -0.548. The van der Waals surface area contributed by atoms with Crippen molar-refractivity contribution in [3.63, 3.8) is 0 Å². The molecule has 2 amide bonds. The number of nitrogens with two attached hydrogens (primary N) is 1. The van der Waals surface area contributed by atoms with Gasteiger partial charge in [-0.3, -0.25) is 4.90 Å². The number of unbranched alkanes of at least 4 members (excludes halogenated alkanes) is 1. The lowest BCUT2D eigenvalue weighted by molar-refractivity contribution is 0.253. The molecule has 1 fully saturated rings. The summed E-state index contributed by atoms with van der Waals surface area (Å²) in [5, 5.41) is 13.1. The number of hydrogen-bond donors (Lipinski definition) is 3. The van der Waals surface area contributed by atoms with Crippen LogP contribution in [-0.2, 0) is 6.42 Å². The second-order valence-electron chi connectivity index (χ2n) is 7.98. The number of carbonyl (C=O) groups is 1. The van der Waals surface area contributed by atoms with Gasteiger partial charge in [-0.2, -0.15) is 5.26 Å². The summed E-state index contributed by atoms with van der Waals surface area (Å²) in [7, 11) is 0. The molecular formula is C24H28N6O. The molecule has 160 valence electrons. The van der Waals surface area contributed by atoms with Crippen molar-refractivity contribution in [1.29, 1.82) is 5.26 Å². The Morgan fingerprint density at radius 2 is 1.94 bits per heavy atom. The van der Waals surface area contributed by atoms with Gasteiger partial charge in [0.15, 0.2) is 0 Å². The third-order valence-electron chi connectivity index (χ3n) is 5.94. The predicted octanol–water partition coefficient (Wildman–Crippen LogP) is 3.68. The molecule has 0 unspecified atom stereocenters. The van der Waals surface area contributed by atoms with E-state index in [4.69, 9.17) is 5.73 Å². The number of aromatic nitrogens is 1. The van der Waals surface area contributed by atoms with E-state index in [2.05, 4.69) is 32.4 Å². The molecule has 1 aliphatic heterocycles. The number of hydrogen-bond acceptors (Lipinski definition) is 4. The Hall–Kier alpha value is -3.50. The molecule has 0 spiro atoms. The summed E-state index contributed by atoms with van der Waals surface area (Å²) in [5.74, 6) is 0. The fraction of sp³-hybridized carbons (Fsp3) is 0.333. The number of aryl methyl sites for hydroxylation is 1. The number of fused-ring (bicyclic) bond motifs is 1. The van der Waals surface area contributed by atoms with Gasteiger partial charge in [-0.1, -0.05) is 12.1 Å². The van der Waals surface area contributed by atoms with Crippen molar-refractivity contribution in [1.82, 2.24) is 9.88 Å². The Labute approximate surface area is 182 Å². The molecule has 0 bridgehead atoms. The molecule has 3 aromatic rings. The molecule has 0 radical (unpaired) electrons. The van der Waals surface area contributed by atoms with Gasteiger partial charge < -0.3 is 20.9 Å². The van der Waals surface area contributed by atoms with Crippen molar-refractivity contribution in [3.8, 4) is 6.07 Å². The summed E-state index contributed by atoms with van der Waals surface area (Å²) < 4.78 is 0. The molecule has 0 saturated carbocycles. The van der Waals surface area contributed by atoms with E-state index >= 15 is 0 Å². The Bertz CT molecular complexity index is 1090. The number of rotatable bonds is 7. The summed E-state index contributed by atoms with van der Waals surface area (Å²) in [6.07, 6.45) is 5.30. The summed E-state index contributed by atoms with van der Waals surface area (Å²) in [6.45, 7) is 5.04. The molecule has 1 aromatic heterocycles. The molecule has 7 heteroatoms. The van der Waals surface area contributed by atoms with Crippen LogP contribution in [-0.4, -0.2) is 48.6 Å². The highest BCUT2D eigenvalue weighted by atomic mass is 16.2. The summed E-state index contributed by atoms with van der Waals surface area (Å²) >= 11 is 0. The first-order valence-corrected chi connectivity index (χ1v) is 10.8.